The van der Waals surface area contributed by atoms with Gasteiger partial charge in [-0.3, -0.25) is 4.90 Å². The third-order valence-corrected chi connectivity index (χ3v) is 4.17. The fraction of sp³-hybridized carbons (Fsp3) is 0.600. The smallest absolute Gasteiger partial charge is 0.125 e. The molecule has 0 radical (unpaired) electrons. The lowest BCUT2D eigenvalue weighted by Gasteiger charge is -2.41. The quantitative estimate of drug-likeness (QED) is 0.826. The Morgan fingerprint density at radius 1 is 1.33 bits per heavy atom. The maximum atomic E-state index is 10.5. The van der Waals surface area contributed by atoms with Crippen LogP contribution in [-0.2, 0) is 0 Å². The Bertz CT molecular complexity index is 421. The van der Waals surface area contributed by atoms with Gasteiger partial charge in [-0.15, -0.1) is 0 Å². The van der Waals surface area contributed by atoms with E-state index in [1.54, 1.807) is 0 Å². The summed E-state index contributed by atoms with van der Waals surface area (Å²) in [6.45, 7) is 5.05. The van der Waals surface area contributed by atoms with E-state index in [1.165, 1.54) is 12.8 Å². The average Bonchev–Trinajstić information content (AvgIpc) is 2.39. The molecule has 1 aromatic carbocycles. The van der Waals surface area contributed by atoms with Crippen LogP contribution in [0.15, 0.2) is 24.3 Å². The van der Waals surface area contributed by atoms with Gasteiger partial charge in [-0.2, -0.15) is 0 Å². The summed E-state index contributed by atoms with van der Waals surface area (Å²) in [4.78, 5) is 2.40. The van der Waals surface area contributed by atoms with E-state index in [2.05, 4.69) is 11.8 Å². The highest BCUT2D eigenvalue weighted by molar-refractivity contribution is 5.37. The van der Waals surface area contributed by atoms with Crippen molar-refractivity contribution in [1.29, 1.82) is 0 Å². The van der Waals surface area contributed by atoms with Gasteiger partial charge in [0.25, 0.3) is 0 Å². The first kappa shape index (κ1) is 12.0. The zero-order valence-corrected chi connectivity index (χ0v) is 10.9. The van der Waals surface area contributed by atoms with E-state index in [4.69, 9.17) is 4.74 Å². The minimum Gasteiger partial charge on any atom is -0.491 e. The second-order valence-electron chi connectivity index (χ2n) is 5.60. The summed E-state index contributed by atoms with van der Waals surface area (Å²) < 4.78 is 5.79. The minimum absolute atomic E-state index is 0.114. The summed E-state index contributed by atoms with van der Waals surface area (Å²) in [6, 6.07) is 7.94. The number of fused-ring (bicyclic) bond motifs is 1. The molecule has 3 rings (SSSR count). The van der Waals surface area contributed by atoms with Crippen molar-refractivity contribution in [2.45, 2.75) is 31.9 Å². The lowest BCUT2D eigenvalue weighted by atomic mass is 9.93. The van der Waals surface area contributed by atoms with Crippen LogP contribution in [0.5, 0.6) is 5.75 Å². The number of hydrogen-bond donors (Lipinski definition) is 1. The van der Waals surface area contributed by atoms with Crippen molar-refractivity contribution >= 4 is 0 Å². The van der Waals surface area contributed by atoms with Crippen LogP contribution in [0, 0.1) is 5.92 Å². The number of likely N-dealkylation sites (tertiary alicyclic amines) is 1. The zero-order valence-electron chi connectivity index (χ0n) is 10.9. The van der Waals surface area contributed by atoms with Crippen LogP contribution in [0.1, 0.15) is 31.4 Å². The molecule has 2 aliphatic heterocycles. The van der Waals surface area contributed by atoms with Crippen molar-refractivity contribution in [1.82, 2.24) is 4.90 Å². The van der Waals surface area contributed by atoms with Crippen LogP contribution in [0.25, 0.3) is 0 Å². The number of nitrogens with zero attached hydrogens (tertiary/aromatic N) is 1. The number of rotatable bonds is 1. The second kappa shape index (κ2) is 4.90. The van der Waals surface area contributed by atoms with E-state index in [0.717, 1.165) is 30.3 Å². The first-order valence-electron chi connectivity index (χ1n) is 6.89. The molecule has 18 heavy (non-hydrogen) atoms. The minimum atomic E-state index is -0.416. The predicted octanol–water partition coefficient (Wildman–Crippen LogP) is 2.21. The Kier molecular flexibility index (Phi) is 3.27. The summed E-state index contributed by atoms with van der Waals surface area (Å²) in [7, 11) is 0. The van der Waals surface area contributed by atoms with Gasteiger partial charge < -0.3 is 9.84 Å². The molecule has 2 heterocycles. The molecule has 0 spiro atoms. The van der Waals surface area contributed by atoms with Crippen LogP contribution < -0.4 is 4.74 Å². The average molecular weight is 247 g/mol. The van der Waals surface area contributed by atoms with Gasteiger partial charge in [-0.25, -0.2) is 0 Å². The molecule has 1 fully saturated rings. The van der Waals surface area contributed by atoms with Crippen LogP contribution >= 0.6 is 0 Å². The molecule has 0 saturated carbocycles. The van der Waals surface area contributed by atoms with Gasteiger partial charge in [0.1, 0.15) is 18.5 Å². The highest BCUT2D eigenvalue weighted by Crippen LogP contribution is 2.35. The predicted molar refractivity (Wildman–Crippen MR) is 70.7 cm³/mol. The van der Waals surface area contributed by atoms with Gasteiger partial charge in [0.15, 0.2) is 0 Å². The molecule has 98 valence electrons. The largest absolute Gasteiger partial charge is 0.491 e. The maximum Gasteiger partial charge on any atom is 0.125 e. The van der Waals surface area contributed by atoms with Crippen molar-refractivity contribution in [2.24, 2.45) is 5.92 Å². The Balaban J connectivity index is 1.79. The molecule has 0 bridgehead atoms. The lowest BCUT2D eigenvalue weighted by molar-refractivity contribution is -0.0126. The van der Waals surface area contributed by atoms with E-state index in [9.17, 15) is 5.11 Å². The van der Waals surface area contributed by atoms with Gasteiger partial charge in [0.2, 0.25) is 0 Å². The molecule has 3 heteroatoms. The molecule has 0 aliphatic carbocycles. The Morgan fingerprint density at radius 3 is 3.00 bits per heavy atom. The standard InChI is InChI=1S/C15H21NO2/c1-11-5-4-8-16(9-11)13-10-18-14-7-3-2-6-12(14)15(13)17/h2-3,6-7,11,13,15,17H,4-5,8-10H2,1H3. The first-order chi connectivity index (χ1) is 8.75. The highest BCUT2D eigenvalue weighted by atomic mass is 16.5. The van der Waals surface area contributed by atoms with E-state index in [0.29, 0.717) is 6.61 Å². The van der Waals surface area contributed by atoms with Crippen LogP contribution in [-0.4, -0.2) is 35.7 Å². The zero-order chi connectivity index (χ0) is 12.5. The number of aliphatic hydroxyl groups is 1. The third kappa shape index (κ3) is 2.13. The molecule has 1 aromatic rings. The molecular weight excluding hydrogens is 226 g/mol. The van der Waals surface area contributed by atoms with Gasteiger partial charge in [-0.1, -0.05) is 25.1 Å². The van der Waals surface area contributed by atoms with Crippen LogP contribution in [0.3, 0.4) is 0 Å². The van der Waals surface area contributed by atoms with Crippen molar-refractivity contribution in [3.63, 3.8) is 0 Å². The van der Waals surface area contributed by atoms with E-state index in [-0.39, 0.29) is 6.04 Å². The number of aliphatic hydroxyl groups excluding tert-OH is 1. The number of hydrogen-bond acceptors (Lipinski definition) is 3. The molecule has 3 unspecified atom stereocenters. The van der Waals surface area contributed by atoms with E-state index in [1.807, 2.05) is 24.3 Å². The van der Waals surface area contributed by atoms with Gasteiger partial charge >= 0.3 is 0 Å². The maximum absolute atomic E-state index is 10.5. The molecule has 0 aromatic heterocycles. The van der Waals surface area contributed by atoms with Crippen molar-refractivity contribution < 1.29 is 9.84 Å². The number of benzene rings is 1. The van der Waals surface area contributed by atoms with Crippen LogP contribution in [0.4, 0.5) is 0 Å². The lowest BCUT2D eigenvalue weighted by Crippen LogP contribution is -2.49. The molecule has 1 saturated heterocycles. The fourth-order valence-electron chi connectivity index (χ4n) is 3.16. The number of ether oxygens (including phenoxy) is 1. The van der Waals surface area contributed by atoms with Gasteiger partial charge in [0, 0.05) is 12.1 Å². The van der Waals surface area contributed by atoms with Crippen molar-refractivity contribution in [2.75, 3.05) is 19.7 Å². The fourth-order valence-corrected chi connectivity index (χ4v) is 3.16. The van der Waals surface area contributed by atoms with E-state index >= 15 is 0 Å². The topological polar surface area (TPSA) is 32.7 Å². The first-order valence-corrected chi connectivity index (χ1v) is 6.89. The van der Waals surface area contributed by atoms with Crippen molar-refractivity contribution in [3.8, 4) is 5.75 Å². The van der Waals surface area contributed by atoms with Gasteiger partial charge in [0.05, 0.1) is 6.04 Å². The molecule has 3 nitrogen and oxygen atoms in total. The molecule has 3 atom stereocenters. The summed E-state index contributed by atoms with van der Waals surface area (Å²) >= 11 is 0. The SMILES string of the molecule is CC1CCCN(C2COc3ccccc3C2O)C1. The highest BCUT2D eigenvalue weighted by Gasteiger charge is 2.34. The Morgan fingerprint density at radius 2 is 2.17 bits per heavy atom. The van der Waals surface area contributed by atoms with Crippen LogP contribution in [0.2, 0.25) is 0 Å². The second-order valence-corrected chi connectivity index (χ2v) is 5.60. The number of para-hydroxylation sites is 1. The molecular formula is C15H21NO2. The summed E-state index contributed by atoms with van der Waals surface area (Å²) in [6.07, 6.45) is 2.11. The third-order valence-electron chi connectivity index (χ3n) is 4.17. The summed E-state index contributed by atoms with van der Waals surface area (Å²) in [5.41, 5.74) is 0.937. The summed E-state index contributed by atoms with van der Waals surface area (Å²) in [5, 5.41) is 10.5. The molecule has 0 amide bonds. The Hall–Kier alpha value is -1.06. The summed E-state index contributed by atoms with van der Waals surface area (Å²) in [5.74, 6) is 1.56. The normalized spacial score (nSPS) is 32.7. The van der Waals surface area contributed by atoms with Gasteiger partial charge in [-0.05, 0) is 31.4 Å². The molecule has 2 aliphatic rings. The van der Waals surface area contributed by atoms with Crippen molar-refractivity contribution in [3.05, 3.63) is 29.8 Å². The monoisotopic (exact) mass is 247 g/mol. The van der Waals surface area contributed by atoms with E-state index < -0.39 is 6.10 Å². The Labute approximate surface area is 108 Å². The number of piperidine rings is 1. The molecule has 1 N–H and O–H groups in total.